The smallest absolute Gasteiger partial charge is 0.252 e. The second-order valence-corrected chi connectivity index (χ2v) is 5.00. The number of hydrogen-bond donors (Lipinski definition) is 2. The van der Waals surface area contributed by atoms with Gasteiger partial charge in [0.1, 0.15) is 0 Å². The lowest BCUT2D eigenvalue weighted by molar-refractivity contribution is 0.0314. The molecule has 0 bridgehead atoms. The lowest BCUT2D eigenvalue weighted by Crippen LogP contribution is -2.42. The van der Waals surface area contributed by atoms with E-state index in [9.17, 15) is 9.90 Å². The van der Waals surface area contributed by atoms with E-state index in [1.54, 1.807) is 18.2 Å². The Bertz CT molecular complexity index is 431. The first-order chi connectivity index (χ1) is 8.43. The predicted molar refractivity (Wildman–Crippen MR) is 74.3 cm³/mol. The zero-order valence-corrected chi connectivity index (χ0v) is 12.0. The SMILES string of the molecule is CCC(O)(CC)CNC(=O)c1cccc(Cl)c1Cl. The van der Waals surface area contributed by atoms with Crippen LogP contribution in [-0.2, 0) is 0 Å². The van der Waals surface area contributed by atoms with E-state index in [0.717, 1.165) is 0 Å². The monoisotopic (exact) mass is 289 g/mol. The number of rotatable bonds is 5. The molecule has 1 rings (SSSR count). The van der Waals surface area contributed by atoms with Crippen LogP contribution in [0, 0.1) is 0 Å². The maximum atomic E-state index is 11.9. The molecule has 18 heavy (non-hydrogen) atoms. The van der Waals surface area contributed by atoms with Gasteiger partial charge in [-0.15, -0.1) is 0 Å². The van der Waals surface area contributed by atoms with Crippen LogP contribution in [0.4, 0.5) is 0 Å². The number of carbonyl (C=O) groups excluding carboxylic acids is 1. The van der Waals surface area contributed by atoms with E-state index in [1.165, 1.54) is 0 Å². The Hall–Kier alpha value is -0.770. The van der Waals surface area contributed by atoms with Gasteiger partial charge in [-0.3, -0.25) is 4.79 Å². The molecule has 0 saturated carbocycles. The standard InChI is InChI=1S/C13H17Cl2NO2/c1-3-13(18,4-2)8-16-12(17)9-6-5-7-10(14)11(9)15/h5-7,18H,3-4,8H2,1-2H3,(H,16,17). The van der Waals surface area contributed by atoms with Gasteiger partial charge >= 0.3 is 0 Å². The van der Waals surface area contributed by atoms with Crippen LogP contribution in [0.2, 0.25) is 10.0 Å². The van der Waals surface area contributed by atoms with Gasteiger partial charge in [0, 0.05) is 6.54 Å². The lowest BCUT2D eigenvalue weighted by atomic mass is 9.97. The lowest BCUT2D eigenvalue weighted by Gasteiger charge is -2.25. The summed E-state index contributed by atoms with van der Waals surface area (Å²) in [7, 11) is 0. The summed E-state index contributed by atoms with van der Waals surface area (Å²) < 4.78 is 0. The minimum absolute atomic E-state index is 0.196. The predicted octanol–water partition coefficient (Wildman–Crippen LogP) is 3.27. The van der Waals surface area contributed by atoms with Gasteiger partial charge in [0.05, 0.1) is 21.2 Å². The van der Waals surface area contributed by atoms with E-state index < -0.39 is 5.60 Å². The van der Waals surface area contributed by atoms with Crippen molar-refractivity contribution < 1.29 is 9.90 Å². The first-order valence-corrected chi connectivity index (χ1v) is 6.63. The van der Waals surface area contributed by atoms with Gasteiger partial charge in [-0.05, 0) is 25.0 Å². The molecule has 0 atom stereocenters. The quantitative estimate of drug-likeness (QED) is 0.874. The molecule has 0 aliphatic carbocycles. The molecule has 1 aromatic rings. The summed E-state index contributed by atoms with van der Waals surface area (Å²) in [6.07, 6.45) is 1.15. The van der Waals surface area contributed by atoms with Gasteiger partial charge in [0.25, 0.3) is 5.91 Å². The topological polar surface area (TPSA) is 49.3 Å². The van der Waals surface area contributed by atoms with Crippen molar-refractivity contribution in [3.8, 4) is 0 Å². The highest BCUT2D eigenvalue weighted by atomic mass is 35.5. The number of amides is 1. The van der Waals surface area contributed by atoms with Crippen LogP contribution in [0.1, 0.15) is 37.0 Å². The van der Waals surface area contributed by atoms with Gasteiger partial charge in [0.15, 0.2) is 0 Å². The number of aliphatic hydroxyl groups is 1. The zero-order chi connectivity index (χ0) is 13.8. The summed E-state index contributed by atoms with van der Waals surface area (Å²) in [5.41, 5.74) is -0.556. The highest BCUT2D eigenvalue weighted by Gasteiger charge is 2.23. The summed E-state index contributed by atoms with van der Waals surface area (Å²) in [6, 6.07) is 4.88. The third kappa shape index (κ3) is 3.61. The third-order valence-electron chi connectivity index (χ3n) is 3.09. The maximum Gasteiger partial charge on any atom is 0.252 e. The Balaban J connectivity index is 2.75. The van der Waals surface area contributed by atoms with Gasteiger partial charge < -0.3 is 10.4 Å². The Morgan fingerprint density at radius 3 is 2.50 bits per heavy atom. The molecule has 100 valence electrons. The van der Waals surface area contributed by atoms with Crippen LogP contribution >= 0.6 is 23.2 Å². The Morgan fingerprint density at radius 2 is 1.94 bits per heavy atom. The van der Waals surface area contributed by atoms with Crippen LogP contribution in [0.3, 0.4) is 0 Å². The van der Waals surface area contributed by atoms with E-state index >= 15 is 0 Å². The normalized spacial score (nSPS) is 11.4. The fourth-order valence-corrected chi connectivity index (χ4v) is 1.91. The van der Waals surface area contributed by atoms with Crippen molar-refractivity contribution in [2.75, 3.05) is 6.54 Å². The average molecular weight is 290 g/mol. The summed E-state index contributed by atoms with van der Waals surface area (Å²) in [5, 5.41) is 13.3. The molecule has 0 unspecified atom stereocenters. The van der Waals surface area contributed by atoms with Crippen LogP contribution in [0.25, 0.3) is 0 Å². The van der Waals surface area contributed by atoms with Crippen molar-refractivity contribution in [1.29, 1.82) is 0 Å². The van der Waals surface area contributed by atoms with E-state index in [-0.39, 0.29) is 17.5 Å². The van der Waals surface area contributed by atoms with Crippen molar-refractivity contribution in [2.45, 2.75) is 32.3 Å². The molecule has 0 radical (unpaired) electrons. The molecule has 0 aliphatic heterocycles. The van der Waals surface area contributed by atoms with Crippen molar-refractivity contribution in [3.63, 3.8) is 0 Å². The number of carbonyl (C=O) groups is 1. The van der Waals surface area contributed by atoms with Crippen LogP contribution < -0.4 is 5.32 Å². The molecule has 0 saturated heterocycles. The molecule has 3 nitrogen and oxygen atoms in total. The molecule has 1 amide bonds. The molecule has 2 N–H and O–H groups in total. The summed E-state index contributed by atoms with van der Waals surface area (Å²) in [6.45, 7) is 3.95. The average Bonchev–Trinajstić information content (AvgIpc) is 2.39. The number of nitrogens with one attached hydrogen (secondary N) is 1. The third-order valence-corrected chi connectivity index (χ3v) is 3.91. The Kier molecular flexibility index (Phi) is 5.45. The molecular formula is C13H17Cl2NO2. The van der Waals surface area contributed by atoms with Crippen molar-refractivity contribution in [2.24, 2.45) is 0 Å². The second-order valence-electron chi connectivity index (χ2n) is 4.22. The molecule has 0 aliphatic rings. The van der Waals surface area contributed by atoms with Gasteiger partial charge in [-0.1, -0.05) is 43.1 Å². The van der Waals surface area contributed by atoms with Gasteiger partial charge in [0.2, 0.25) is 0 Å². The first-order valence-electron chi connectivity index (χ1n) is 5.88. The van der Waals surface area contributed by atoms with Crippen LogP contribution in [-0.4, -0.2) is 23.2 Å². The van der Waals surface area contributed by atoms with Gasteiger partial charge in [-0.25, -0.2) is 0 Å². The second kappa shape index (κ2) is 6.41. The summed E-state index contributed by atoms with van der Waals surface area (Å²) in [4.78, 5) is 11.9. The fraction of sp³-hybridized carbons (Fsp3) is 0.462. The summed E-state index contributed by atoms with van der Waals surface area (Å²) >= 11 is 11.8. The molecule has 1 aromatic carbocycles. The maximum absolute atomic E-state index is 11.9. The number of halogens is 2. The van der Waals surface area contributed by atoms with E-state index in [0.29, 0.717) is 23.4 Å². The van der Waals surface area contributed by atoms with E-state index in [4.69, 9.17) is 23.2 Å². The highest BCUT2D eigenvalue weighted by Crippen LogP contribution is 2.25. The highest BCUT2D eigenvalue weighted by molar-refractivity contribution is 6.43. The number of hydrogen-bond acceptors (Lipinski definition) is 2. The Morgan fingerprint density at radius 1 is 1.33 bits per heavy atom. The van der Waals surface area contributed by atoms with E-state index in [2.05, 4.69) is 5.32 Å². The minimum atomic E-state index is -0.874. The molecule has 0 aromatic heterocycles. The van der Waals surface area contributed by atoms with Crippen molar-refractivity contribution >= 4 is 29.1 Å². The van der Waals surface area contributed by atoms with Crippen LogP contribution in [0.15, 0.2) is 18.2 Å². The number of benzene rings is 1. The van der Waals surface area contributed by atoms with E-state index in [1.807, 2.05) is 13.8 Å². The molecule has 0 spiro atoms. The first kappa shape index (κ1) is 15.3. The molecule has 0 heterocycles. The fourth-order valence-electron chi connectivity index (χ4n) is 1.52. The Labute approximate surface area is 117 Å². The summed E-state index contributed by atoms with van der Waals surface area (Å²) in [5.74, 6) is -0.331. The molecule has 0 fully saturated rings. The molecular weight excluding hydrogens is 273 g/mol. The molecule has 5 heteroatoms. The van der Waals surface area contributed by atoms with Crippen molar-refractivity contribution in [1.82, 2.24) is 5.32 Å². The largest absolute Gasteiger partial charge is 0.388 e. The van der Waals surface area contributed by atoms with Crippen molar-refractivity contribution in [3.05, 3.63) is 33.8 Å². The van der Waals surface area contributed by atoms with Gasteiger partial charge in [-0.2, -0.15) is 0 Å². The minimum Gasteiger partial charge on any atom is -0.388 e. The van der Waals surface area contributed by atoms with Crippen LogP contribution in [0.5, 0.6) is 0 Å². The zero-order valence-electron chi connectivity index (χ0n) is 10.5.